The van der Waals surface area contributed by atoms with Gasteiger partial charge in [-0.15, -0.1) is 11.8 Å². The largest absolute Gasteiger partial charge is 0.450 e. The summed E-state index contributed by atoms with van der Waals surface area (Å²) >= 11 is 1.27. The SMILES string of the molecule is O=C(C[C@@H](Sc1ccccc1)c1ccccc1)C(F)(F)F. The Hall–Kier alpha value is -1.75. The number of carbonyl (C=O) groups is 1. The van der Waals surface area contributed by atoms with Crippen LogP contribution in [0.2, 0.25) is 0 Å². The molecule has 0 unspecified atom stereocenters. The Labute approximate surface area is 125 Å². The number of hydrogen-bond acceptors (Lipinski definition) is 2. The average Bonchev–Trinajstić information content (AvgIpc) is 2.47. The van der Waals surface area contributed by atoms with E-state index in [9.17, 15) is 18.0 Å². The van der Waals surface area contributed by atoms with Gasteiger partial charge < -0.3 is 0 Å². The van der Waals surface area contributed by atoms with E-state index in [-0.39, 0.29) is 0 Å². The van der Waals surface area contributed by atoms with E-state index in [1.165, 1.54) is 11.8 Å². The van der Waals surface area contributed by atoms with E-state index in [0.717, 1.165) is 4.90 Å². The summed E-state index contributed by atoms with van der Waals surface area (Å²) in [6.45, 7) is 0. The van der Waals surface area contributed by atoms with Crippen molar-refractivity contribution >= 4 is 17.5 Å². The fourth-order valence-corrected chi connectivity index (χ4v) is 3.01. The lowest BCUT2D eigenvalue weighted by molar-refractivity contribution is -0.171. The number of halogens is 3. The second kappa shape index (κ2) is 6.80. The molecule has 2 rings (SSSR count). The first kappa shape index (κ1) is 15.6. The molecule has 0 amide bonds. The summed E-state index contributed by atoms with van der Waals surface area (Å²) in [6.07, 6.45) is -5.35. The van der Waals surface area contributed by atoms with Crippen LogP contribution in [0.1, 0.15) is 17.2 Å². The zero-order valence-corrected chi connectivity index (χ0v) is 11.8. The van der Waals surface area contributed by atoms with Crippen LogP contribution in [0.3, 0.4) is 0 Å². The number of hydrogen-bond donors (Lipinski definition) is 0. The molecule has 1 atom stereocenters. The minimum Gasteiger partial charge on any atom is -0.290 e. The van der Waals surface area contributed by atoms with Gasteiger partial charge in [0.25, 0.3) is 0 Å². The quantitative estimate of drug-likeness (QED) is 0.720. The van der Waals surface area contributed by atoms with Crippen molar-refractivity contribution in [3.63, 3.8) is 0 Å². The van der Waals surface area contributed by atoms with Crippen LogP contribution in [0.25, 0.3) is 0 Å². The molecule has 0 heterocycles. The van der Waals surface area contributed by atoms with Crippen molar-refractivity contribution in [1.29, 1.82) is 0 Å². The molecule has 0 spiro atoms. The smallest absolute Gasteiger partial charge is 0.290 e. The summed E-state index contributed by atoms with van der Waals surface area (Å²) in [7, 11) is 0. The summed E-state index contributed by atoms with van der Waals surface area (Å²) in [6, 6.07) is 17.9. The van der Waals surface area contributed by atoms with Gasteiger partial charge in [0.1, 0.15) is 0 Å². The van der Waals surface area contributed by atoms with E-state index in [1.807, 2.05) is 30.3 Å². The highest BCUT2D eigenvalue weighted by Gasteiger charge is 2.39. The van der Waals surface area contributed by atoms with E-state index in [4.69, 9.17) is 0 Å². The Bertz CT molecular complexity index is 581. The van der Waals surface area contributed by atoms with Crippen LogP contribution in [0.15, 0.2) is 65.6 Å². The normalized spacial score (nSPS) is 12.9. The van der Waals surface area contributed by atoms with E-state index < -0.39 is 23.6 Å². The molecule has 0 radical (unpaired) electrons. The molecular weight excluding hydrogens is 297 g/mol. The second-order valence-electron chi connectivity index (χ2n) is 4.46. The Kier molecular flexibility index (Phi) is 5.07. The van der Waals surface area contributed by atoms with Crippen molar-refractivity contribution in [2.75, 3.05) is 0 Å². The molecule has 2 aromatic carbocycles. The summed E-state index contributed by atoms with van der Waals surface area (Å²) in [5.74, 6) is -1.69. The van der Waals surface area contributed by atoms with Gasteiger partial charge in [0.2, 0.25) is 5.78 Å². The third-order valence-corrected chi connectivity index (χ3v) is 4.15. The van der Waals surface area contributed by atoms with Gasteiger partial charge in [-0.3, -0.25) is 4.79 Å². The van der Waals surface area contributed by atoms with Crippen LogP contribution < -0.4 is 0 Å². The molecule has 2 aromatic rings. The monoisotopic (exact) mass is 310 g/mol. The maximum atomic E-state index is 12.5. The lowest BCUT2D eigenvalue weighted by atomic mass is 10.1. The fourth-order valence-electron chi connectivity index (χ4n) is 1.84. The van der Waals surface area contributed by atoms with Gasteiger partial charge in [0.05, 0.1) is 0 Å². The van der Waals surface area contributed by atoms with Gasteiger partial charge >= 0.3 is 6.18 Å². The molecule has 110 valence electrons. The average molecular weight is 310 g/mol. The summed E-state index contributed by atoms with van der Waals surface area (Å²) in [5.41, 5.74) is 0.712. The first-order valence-electron chi connectivity index (χ1n) is 6.33. The van der Waals surface area contributed by atoms with Crippen LogP contribution >= 0.6 is 11.8 Å². The highest BCUT2D eigenvalue weighted by Crippen LogP contribution is 2.39. The minimum atomic E-state index is -4.79. The van der Waals surface area contributed by atoms with E-state index >= 15 is 0 Å². The topological polar surface area (TPSA) is 17.1 Å². The molecule has 21 heavy (non-hydrogen) atoms. The molecule has 0 saturated heterocycles. The van der Waals surface area contributed by atoms with Crippen LogP contribution in [0.5, 0.6) is 0 Å². The molecular formula is C16H13F3OS. The molecule has 0 N–H and O–H groups in total. The van der Waals surface area contributed by atoms with Crippen molar-refractivity contribution in [3.05, 3.63) is 66.2 Å². The van der Waals surface area contributed by atoms with Gasteiger partial charge in [-0.1, -0.05) is 48.5 Å². The van der Waals surface area contributed by atoms with E-state index in [1.54, 1.807) is 30.3 Å². The number of Topliss-reactive ketones (excluding diaryl/α,β-unsaturated/α-hetero) is 1. The molecule has 5 heteroatoms. The number of benzene rings is 2. The van der Waals surface area contributed by atoms with Gasteiger partial charge in [0.15, 0.2) is 0 Å². The predicted octanol–water partition coefficient (Wildman–Crippen LogP) is 5.04. The highest BCUT2D eigenvalue weighted by atomic mass is 32.2. The summed E-state index contributed by atoms with van der Waals surface area (Å²) in [5, 5.41) is -0.553. The lowest BCUT2D eigenvalue weighted by Gasteiger charge is -2.17. The maximum Gasteiger partial charge on any atom is 0.450 e. The molecule has 0 aromatic heterocycles. The Morgan fingerprint density at radius 2 is 1.48 bits per heavy atom. The number of ketones is 1. The Morgan fingerprint density at radius 3 is 2.00 bits per heavy atom. The van der Waals surface area contributed by atoms with Crippen molar-refractivity contribution in [2.45, 2.75) is 22.7 Å². The fraction of sp³-hybridized carbons (Fsp3) is 0.188. The molecule has 1 nitrogen and oxygen atoms in total. The molecule has 0 bridgehead atoms. The first-order chi connectivity index (χ1) is 9.97. The number of rotatable bonds is 5. The van der Waals surface area contributed by atoms with E-state index in [2.05, 4.69) is 0 Å². The zero-order chi connectivity index (χ0) is 15.3. The summed E-state index contributed by atoms with van der Waals surface area (Å²) in [4.78, 5) is 12.1. The van der Waals surface area contributed by atoms with Gasteiger partial charge in [0, 0.05) is 16.6 Å². The highest BCUT2D eigenvalue weighted by molar-refractivity contribution is 7.99. The second-order valence-corrected chi connectivity index (χ2v) is 5.73. The van der Waals surface area contributed by atoms with Crippen molar-refractivity contribution < 1.29 is 18.0 Å². The number of alkyl halides is 3. The molecule has 0 aliphatic rings. The van der Waals surface area contributed by atoms with Crippen LogP contribution in [-0.2, 0) is 4.79 Å². The van der Waals surface area contributed by atoms with Crippen molar-refractivity contribution in [1.82, 2.24) is 0 Å². The summed E-state index contributed by atoms with van der Waals surface area (Å²) < 4.78 is 37.5. The molecule has 0 aliphatic carbocycles. The third-order valence-electron chi connectivity index (χ3n) is 2.88. The third kappa shape index (κ3) is 4.63. The van der Waals surface area contributed by atoms with Crippen LogP contribution in [-0.4, -0.2) is 12.0 Å². The first-order valence-corrected chi connectivity index (χ1v) is 7.21. The predicted molar refractivity (Wildman–Crippen MR) is 77.2 cm³/mol. The van der Waals surface area contributed by atoms with Crippen molar-refractivity contribution in [2.24, 2.45) is 0 Å². The Morgan fingerprint density at radius 1 is 0.952 bits per heavy atom. The number of carbonyl (C=O) groups excluding carboxylic acids is 1. The minimum absolute atomic E-state index is 0.553. The van der Waals surface area contributed by atoms with Gasteiger partial charge in [-0.25, -0.2) is 0 Å². The molecule has 0 aliphatic heterocycles. The van der Waals surface area contributed by atoms with Crippen molar-refractivity contribution in [3.8, 4) is 0 Å². The molecule has 0 fully saturated rings. The zero-order valence-electron chi connectivity index (χ0n) is 11.0. The molecule has 0 saturated carbocycles. The lowest BCUT2D eigenvalue weighted by Crippen LogP contribution is -2.24. The van der Waals surface area contributed by atoms with Crippen LogP contribution in [0.4, 0.5) is 13.2 Å². The van der Waals surface area contributed by atoms with Gasteiger partial charge in [-0.05, 0) is 17.7 Å². The maximum absolute atomic E-state index is 12.5. The Balaban J connectivity index is 2.21. The standard InChI is InChI=1S/C16H13F3OS/c17-16(18,19)15(20)11-14(12-7-3-1-4-8-12)21-13-9-5-2-6-10-13/h1-10,14H,11H2/t14-/m1/s1. The van der Waals surface area contributed by atoms with Gasteiger partial charge in [-0.2, -0.15) is 13.2 Å². The number of thioether (sulfide) groups is 1. The van der Waals surface area contributed by atoms with E-state index in [0.29, 0.717) is 5.56 Å². The van der Waals surface area contributed by atoms with Crippen LogP contribution in [0, 0.1) is 0 Å².